The van der Waals surface area contributed by atoms with E-state index in [9.17, 15) is 2.74 Å². The van der Waals surface area contributed by atoms with E-state index in [-0.39, 0.29) is 29.7 Å². The van der Waals surface area contributed by atoms with Gasteiger partial charge < -0.3 is 4.42 Å². The van der Waals surface area contributed by atoms with Crippen molar-refractivity contribution in [1.82, 2.24) is 0 Å². The molecule has 0 aliphatic carbocycles. The van der Waals surface area contributed by atoms with Crippen LogP contribution in [0.4, 0.5) is 0 Å². The molecule has 0 bridgehead atoms. The van der Waals surface area contributed by atoms with Crippen molar-refractivity contribution >= 4 is 43.5 Å². The Hall–Kier alpha value is -5.14. The average Bonchev–Trinajstić information content (AvgIpc) is 3.42. The van der Waals surface area contributed by atoms with Crippen LogP contribution in [0.15, 0.2) is 150 Å². The third-order valence-electron chi connectivity index (χ3n) is 7.54. The predicted octanol–water partition coefficient (Wildman–Crippen LogP) is 10.9. The number of furan rings is 1. The molecule has 0 radical (unpaired) electrons. The lowest BCUT2D eigenvalue weighted by atomic mass is 9.86. The third kappa shape index (κ3) is 3.48. The molecule has 0 fully saturated rings. The van der Waals surface area contributed by atoms with Gasteiger partial charge in [-0.1, -0.05) is 127 Å². The Morgan fingerprint density at radius 2 is 0.846 bits per heavy atom. The van der Waals surface area contributed by atoms with E-state index < -0.39 is 0 Å². The zero-order chi connectivity index (χ0) is 29.2. The molecule has 0 spiro atoms. The van der Waals surface area contributed by atoms with Crippen LogP contribution < -0.4 is 0 Å². The van der Waals surface area contributed by atoms with Gasteiger partial charge in [0.25, 0.3) is 0 Å². The highest BCUT2D eigenvalue weighted by atomic mass is 16.3. The Labute approximate surface area is 232 Å². The fourth-order valence-corrected chi connectivity index (χ4v) is 5.78. The van der Waals surface area contributed by atoms with Crippen LogP contribution in [-0.2, 0) is 0 Å². The van der Waals surface area contributed by atoms with Crippen LogP contribution in [0.2, 0.25) is 0 Å². The van der Waals surface area contributed by atoms with Gasteiger partial charge in [-0.15, -0.1) is 0 Å². The van der Waals surface area contributed by atoms with Crippen molar-refractivity contribution in [1.29, 1.82) is 0 Å². The van der Waals surface area contributed by atoms with Gasteiger partial charge in [-0.3, -0.25) is 0 Å². The molecule has 0 N–H and O–H groups in total. The second-order valence-corrected chi connectivity index (χ2v) is 9.77. The molecular weight excluding hydrogens is 472 g/mol. The maximum Gasteiger partial charge on any atom is 0.136 e. The van der Waals surface area contributed by atoms with Crippen molar-refractivity contribution < 1.29 is 9.90 Å². The van der Waals surface area contributed by atoms with Crippen LogP contribution in [0.1, 0.15) is 5.48 Å². The highest BCUT2D eigenvalue weighted by Gasteiger charge is 2.16. The largest absolute Gasteiger partial charge is 0.456 e. The first-order chi connectivity index (χ1) is 21.0. The number of fused-ring (bicyclic) bond motifs is 5. The number of rotatable bonds is 3. The second-order valence-electron chi connectivity index (χ2n) is 9.77. The summed E-state index contributed by atoms with van der Waals surface area (Å²) in [5, 5.41) is 5.71. The van der Waals surface area contributed by atoms with Crippen LogP contribution >= 0.6 is 0 Å². The van der Waals surface area contributed by atoms with E-state index in [4.69, 9.17) is 7.16 Å². The summed E-state index contributed by atoms with van der Waals surface area (Å²) in [7, 11) is 0. The molecule has 0 atom stereocenters. The van der Waals surface area contributed by atoms with Crippen LogP contribution in [-0.4, -0.2) is 0 Å². The van der Waals surface area contributed by atoms with E-state index in [2.05, 4.69) is 24.3 Å². The highest BCUT2D eigenvalue weighted by molar-refractivity contribution is 6.21. The molecule has 1 nitrogen and oxygen atoms in total. The molecule has 0 amide bonds. The number of benzene rings is 7. The summed E-state index contributed by atoms with van der Waals surface area (Å²) in [5.41, 5.74) is 5.44. The molecule has 0 unspecified atom stereocenters. The zero-order valence-electron chi connectivity index (χ0n) is 25.0. The molecular formula is C38H24O. The Kier molecular flexibility index (Phi) is 4.06. The van der Waals surface area contributed by atoms with E-state index in [1.54, 1.807) is 0 Å². The molecule has 1 aromatic heterocycles. The summed E-state index contributed by atoms with van der Waals surface area (Å²) in [6, 6.07) is 39.4. The fraction of sp³-hybridized carbons (Fsp3) is 0. The molecule has 182 valence electrons. The first-order valence-corrected chi connectivity index (χ1v) is 13.0. The van der Waals surface area contributed by atoms with Crippen LogP contribution in [0.3, 0.4) is 0 Å². The molecule has 1 heterocycles. The molecule has 1 heteroatoms. The molecule has 0 saturated carbocycles. The molecule has 8 aromatic rings. The van der Waals surface area contributed by atoms with E-state index in [0.29, 0.717) is 22.3 Å². The first kappa shape index (κ1) is 18.2. The van der Waals surface area contributed by atoms with E-state index >= 15 is 0 Å². The lowest BCUT2D eigenvalue weighted by molar-refractivity contribution is 0.669. The SMILES string of the molecule is [2H]c1c([2H])c(-c2c3ccccc3c(-c3ccccc3)c3ccccc23)c([2H])c([2H])c1-c1ccc2c(c1)oc1ccccc12. The predicted molar refractivity (Wildman–Crippen MR) is 165 cm³/mol. The minimum absolute atomic E-state index is 0.0662. The monoisotopic (exact) mass is 500 g/mol. The van der Waals surface area contributed by atoms with Gasteiger partial charge in [0, 0.05) is 10.8 Å². The summed E-state index contributed by atoms with van der Waals surface area (Å²) in [6.07, 6.45) is 0. The normalized spacial score (nSPS) is 13.0. The molecule has 39 heavy (non-hydrogen) atoms. The topological polar surface area (TPSA) is 13.1 Å². The number of hydrogen-bond donors (Lipinski definition) is 0. The van der Waals surface area contributed by atoms with Crippen LogP contribution in [0.5, 0.6) is 0 Å². The van der Waals surface area contributed by atoms with Crippen molar-refractivity contribution in [2.45, 2.75) is 0 Å². The molecule has 0 aliphatic heterocycles. The van der Waals surface area contributed by atoms with Crippen molar-refractivity contribution in [3.05, 3.63) is 145 Å². The maximum atomic E-state index is 9.27. The van der Waals surface area contributed by atoms with Gasteiger partial charge in [-0.2, -0.15) is 0 Å². The van der Waals surface area contributed by atoms with Crippen LogP contribution in [0.25, 0.3) is 76.9 Å². The number of para-hydroxylation sites is 1. The van der Waals surface area contributed by atoms with Gasteiger partial charge in [-0.05, 0) is 73.1 Å². The van der Waals surface area contributed by atoms with Gasteiger partial charge in [0.15, 0.2) is 0 Å². The minimum Gasteiger partial charge on any atom is -0.456 e. The first-order valence-electron chi connectivity index (χ1n) is 15.0. The Morgan fingerprint density at radius 1 is 0.359 bits per heavy atom. The quantitative estimate of drug-likeness (QED) is 0.220. The molecule has 8 rings (SSSR count). The zero-order valence-corrected chi connectivity index (χ0v) is 21.0. The lowest BCUT2D eigenvalue weighted by Crippen LogP contribution is -1.90. The Morgan fingerprint density at radius 3 is 1.49 bits per heavy atom. The Balaban J connectivity index is 1.42. The summed E-state index contributed by atoms with van der Waals surface area (Å²) < 4.78 is 42.9. The second kappa shape index (κ2) is 8.72. The third-order valence-corrected chi connectivity index (χ3v) is 7.54. The standard InChI is InChI=1S/C38H24O/c1-2-10-26(11-3-1)37-31-13-4-6-15-33(31)38(34-16-7-5-14-32(34)37)27-20-18-25(19-21-27)28-22-23-30-29-12-8-9-17-35(29)39-36(30)24-28/h1-24H/i18D,19D,20D,21D. The van der Waals surface area contributed by atoms with E-state index in [0.717, 1.165) is 49.0 Å². The summed E-state index contributed by atoms with van der Waals surface area (Å²) in [5.74, 6) is 0. The van der Waals surface area contributed by atoms with Crippen molar-refractivity contribution in [3.8, 4) is 33.4 Å². The van der Waals surface area contributed by atoms with E-state index in [1.807, 2.05) is 97.1 Å². The highest BCUT2D eigenvalue weighted by Crippen LogP contribution is 2.43. The number of hydrogen-bond acceptors (Lipinski definition) is 1. The molecule has 0 saturated heterocycles. The van der Waals surface area contributed by atoms with Crippen LogP contribution in [0, 0.1) is 0 Å². The molecule has 7 aromatic carbocycles. The summed E-state index contributed by atoms with van der Waals surface area (Å²) >= 11 is 0. The Bertz CT molecular complexity index is 2300. The van der Waals surface area contributed by atoms with Gasteiger partial charge in [0.2, 0.25) is 0 Å². The maximum absolute atomic E-state index is 9.27. The van der Waals surface area contributed by atoms with Gasteiger partial charge in [-0.25, -0.2) is 0 Å². The average molecular weight is 501 g/mol. The van der Waals surface area contributed by atoms with Crippen molar-refractivity contribution in [2.75, 3.05) is 0 Å². The van der Waals surface area contributed by atoms with Crippen molar-refractivity contribution in [2.24, 2.45) is 0 Å². The minimum atomic E-state index is -0.0771. The smallest absolute Gasteiger partial charge is 0.136 e. The summed E-state index contributed by atoms with van der Waals surface area (Å²) in [6.45, 7) is 0. The molecule has 0 aliphatic rings. The van der Waals surface area contributed by atoms with Crippen molar-refractivity contribution in [3.63, 3.8) is 0 Å². The lowest BCUT2D eigenvalue weighted by Gasteiger charge is -2.18. The van der Waals surface area contributed by atoms with Gasteiger partial charge >= 0.3 is 0 Å². The van der Waals surface area contributed by atoms with Gasteiger partial charge in [0.1, 0.15) is 11.2 Å². The van der Waals surface area contributed by atoms with Gasteiger partial charge in [0.05, 0.1) is 5.48 Å². The fourth-order valence-electron chi connectivity index (χ4n) is 5.78. The summed E-state index contributed by atoms with van der Waals surface area (Å²) in [4.78, 5) is 0. The van der Waals surface area contributed by atoms with E-state index in [1.165, 1.54) is 0 Å².